The molecule has 0 aliphatic carbocycles. The third-order valence-electron chi connectivity index (χ3n) is 3.55. The number of aliphatic imine (C=N–C) groups is 1. The Balaban J connectivity index is 1.69. The molecule has 2 aromatic rings. The minimum atomic E-state index is -1.04. The second-order valence-electron chi connectivity index (χ2n) is 5.48. The molecule has 1 aliphatic rings. The SMILES string of the molecule is O=C1CC(C(=O)Nc2ccc(C(=O)O)cc2)SC(=Nc2ccccc2)N1. The number of rotatable bonds is 4. The maximum absolute atomic E-state index is 12.4. The number of carbonyl (C=O) groups excluding carboxylic acids is 2. The zero-order chi connectivity index (χ0) is 18.5. The van der Waals surface area contributed by atoms with Crippen LogP contribution in [0.1, 0.15) is 16.8 Å². The number of amides is 2. The summed E-state index contributed by atoms with van der Waals surface area (Å²) >= 11 is 1.18. The summed E-state index contributed by atoms with van der Waals surface area (Å²) < 4.78 is 0. The summed E-state index contributed by atoms with van der Waals surface area (Å²) in [6, 6.07) is 15.0. The summed E-state index contributed by atoms with van der Waals surface area (Å²) in [5.74, 6) is -1.65. The first-order chi connectivity index (χ1) is 12.5. The molecular formula is C18H15N3O4S. The first-order valence-corrected chi connectivity index (χ1v) is 8.64. The second kappa shape index (κ2) is 7.83. The molecule has 1 unspecified atom stereocenters. The van der Waals surface area contributed by atoms with Gasteiger partial charge in [0.25, 0.3) is 0 Å². The number of carbonyl (C=O) groups is 3. The van der Waals surface area contributed by atoms with E-state index in [1.165, 1.54) is 36.0 Å². The lowest BCUT2D eigenvalue weighted by atomic mass is 10.2. The van der Waals surface area contributed by atoms with Crippen LogP contribution in [0.4, 0.5) is 11.4 Å². The van der Waals surface area contributed by atoms with Crippen molar-refractivity contribution in [3.63, 3.8) is 0 Å². The molecule has 1 aliphatic heterocycles. The number of para-hydroxylation sites is 1. The summed E-state index contributed by atoms with van der Waals surface area (Å²) in [5.41, 5.74) is 1.28. The van der Waals surface area contributed by atoms with Crippen LogP contribution in [0.2, 0.25) is 0 Å². The van der Waals surface area contributed by atoms with Crippen LogP contribution >= 0.6 is 11.8 Å². The molecule has 3 N–H and O–H groups in total. The maximum Gasteiger partial charge on any atom is 0.335 e. The van der Waals surface area contributed by atoms with E-state index in [0.717, 1.165) is 0 Å². The summed E-state index contributed by atoms with van der Waals surface area (Å²) in [5, 5.41) is 14.0. The largest absolute Gasteiger partial charge is 0.478 e. The highest BCUT2D eigenvalue weighted by atomic mass is 32.2. The van der Waals surface area contributed by atoms with Crippen molar-refractivity contribution in [3.8, 4) is 0 Å². The van der Waals surface area contributed by atoms with Crippen molar-refractivity contribution >= 4 is 46.1 Å². The average molecular weight is 369 g/mol. The number of benzene rings is 2. The summed E-state index contributed by atoms with van der Waals surface area (Å²) in [4.78, 5) is 39.5. The average Bonchev–Trinajstić information content (AvgIpc) is 2.62. The normalized spacial score (nSPS) is 18.2. The molecule has 8 heteroatoms. The van der Waals surface area contributed by atoms with E-state index in [1.54, 1.807) is 12.1 Å². The molecule has 0 bridgehead atoms. The first-order valence-electron chi connectivity index (χ1n) is 7.76. The van der Waals surface area contributed by atoms with Gasteiger partial charge in [0.2, 0.25) is 11.8 Å². The predicted octanol–water partition coefficient (Wildman–Crippen LogP) is 2.63. The van der Waals surface area contributed by atoms with Gasteiger partial charge >= 0.3 is 5.97 Å². The third kappa shape index (κ3) is 4.48. The summed E-state index contributed by atoms with van der Waals surface area (Å²) in [6.45, 7) is 0. The van der Waals surface area contributed by atoms with Crippen molar-refractivity contribution in [2.45, 2.75) is 11.7 Å². The molecular weight excluding hydrogens is 354 g/mol. The molecule has 7 nitrogen and oxygen atoms in total. The van der Waals surface area contributed by atoms with Crippen LogP contribution in [0.25, 0.3) is 0 Å². The van der Waals surface area contributed by atoms with E-state index in [4.69, 9.17) is 5.11 Å². The number of nitrogens with one attached hydrogen (secondary N) is 2. The standard InChI is InChI=1S/C18H15N3O4S/c22-15-10-14(26-18(21-15)20-12-4-2-1-3-5-12)16(23)19-13-8-6-11(7-9-13)17(24)25/h1-9,14H,10H2,(H,19,23)(H,24,25)(H,20,21,22). The number of amidine groups is 1. The van der Waals surface area contributed by atoms with Gasteiger partial charge < -0.3 is 15.7 Å². The van der Waals surface area contributed by atoms with E-state index in [-0.39, 0.29) is 23.8 Å². The lowest BCUT2D eigenvalue weighted by molar-refractivity contribution is -0.123. The molecule has 26 heavy (non-hydrogen) atoms. The lowest BCUT2D eigenvalue weighted by Gasteiger charge is -2.22. The van der Waals surface area contributed by atoms with Gasteiger partial charge in [0.1, 0.15) is 5.25 Å². The fraction of sp³-hybridized carbons (Fsp3) is 0.111. The minimum Gasteiger partial charge on any atom is -0.478 e. The topological polar surface area (TPSA) is 108 Å². The molecule has 132 valence electrons. The molecule has 1 fully saturated rings. The molecule has 1 saturated heterocycles. The van der Waals surface area contributed by atoms with Gasteiger partial charge in [-0.1, -0.05) is 30.0 Å². The van der Waals surface area contributed by atoms with Crippen LogP contribution in [0.5, 0.6) is 0 Å². The van der Waals surface area contributed by atoms with E-state index < -0.39 is 11.2 Å². The van der Waals surface area contributed by atoms with Crippen molar-refractivity contribution in [2.24, 2.45) is 4.99 Å². The summed E-state index contributed by atoms with van der Waals surface area (Å²) in [7, 11) is 0. The fourth-order valence-electron chi connectivity index (χ4n) is 2.28. The van der Waals surface area contributed by atoms with Gasteiger partial charge in [0.05, 0.1) is 11.3 Å². The number of anilines is 1. The van der Waals surface area contributed by atoms with Gasteiger partial charge in [-0.2, -0.15) is 0 Å². The van der Waals surface area contributed by atoms with Crippen molar-refractivity contribution < 1.29 is 19.5 Å². The Kier molecular flexibility index (Phi) is 5.33. The third-order valence-corrected chi connectivity index (χ3v) is 4.63. The zero-order valence-corrected chi connectivity index (χ0v) is 14.3. The maximum atomic E-state index is 12.4. The Morgan fingerprint density at radius 3 is 2.46 bits per heavy atom. The van der Waals surface area contributed by atoms with Crippen molar-refractivity contribution in [1.29, 1.82) is 0 Å². The monoisotopic (exact) mass is 369 g/mol. The van der Waals surface area contributed by atoms with Gasteiger partial charge in [-0.25, -0.2) is 9.79 Å². The molecule has 3 rings (SSSR count). The van der Waals surface area contributed by atoms with E-state index in [0.29, 0.717) is 16.5 Å². The molecule has 0 radical (unpaired) electrons. The van der Waals surface area contributed by atoms with Gasteiger partial charge in [0, 0.05) is 12.1 Å². The Morgan fingerprint density at radius 1 is 1.12 bits per heavy atom. The highest BCUT2D eigenvalue weighted by molar-refractivity contribution is 8.15. The number of carboxylic acids is 1. The number of thioether (sulfide) groups is 1. The number of carboxylic acid groups (broad SMARTS) is 1. The van der Waals surface area contributed by atoms with Crippen LogP contribution in [0, 0.1) is 0 Å². The smallest absolute Gasteiger partial charge is 0.335 e. The lowest BCUT2D eigenvalue weighted by Crippen LogP contribution is -2.41. The molecule has 1 heterocycles. The Morgan fingerprint density at radius 2 is 1.81 bits per heavy atom. The minimum absolute atomic E-state index is 0.0392. The van der Waals surface area contributed by atoms with Crippen molar-refractivity contribution in [1.82, 2.24) is 5.32 Å². The Labute approximate surface area is 153 Å². The van der Waals surface area contributed by atoms with Crippen LogP contribution < -0.4 is 10.6 Å². The van der Waals surface area contributed by atoms with Gasteiger partial charge in [0.15, 0.2) is 5.17 Å². The van der Waals surface area contributed by atoms with E-state index in [2.05, 4.69) is 15.6 Å². The molecule has 1 atom stereocenters. The number of aromatic carboxylic acids is 1. The molecule has 0 spiro atoms. The molecule has 0 saturated carbocycles. The van der Waals surface area contributed by atoms with Crippen LogP contribution in [-0.2, 0) is 9.59 Å². The molecule has 2 aromatic carbocycles. The Bertz CT molecular complexity index is 866. The number of hydrogen-bond donors (Lipinski definition) is 3. The Hall–Kier alpha value is -3.13. The van der Waals surface area contributed by atoms with E-state index in [9.17, 15) is 14.4 Å². The van der Waals surface area contributed by atoms with Crippen LogP contribution in [0.15, 0.2) is 59.6 Å². The van der Waals surface area contributed by atoms with Crippen molar-refractivity contribution in [3.05, 3.63) is 60.2 Å². The zero-order valence-electron chi connectivity index (χ0n) is 13.5. The quantitative estimate of drug-likeness (QED) is 0.768. The number of hydrogen-bond acceptors (Lipinski definition) is 5. The van der Waals surface area contributed by atoms with E-state index in [1.807, 2.05) is 18.2 Å². The fourth-order valence-corrected chi connectivity index (χ4v) is 3.28. The molecule has 2 amide bonds. The van der Waals surface area contributed by atoms with E-state index >= 15 is 0 Å². The highest BCUT2D eigenvalue weighted by Gasteiger charge is 2.30. The summed E-state index contributed by atoms with van der Waals surface area (Å²) in [6.07, 6.45) is 0.0392. The van der Waals surface area contributed by atoms with Crippen LogP contribution in [0.3, 0.4) is 0 Å². The van der Waals surface area contributed by atoms with Crippen molar-refractivity contribution in [2.75, 3.05) is 5.32 Å². The highest BCUT2D eigenvalue weighted by Crippen LogP contribution is 2.24. The van der Waals surface area contributed by atoms with Gasteiger partial charge in [-0.3, -0.25) is 9.59 Å². The first kappa shape index (κ1) is 17.7. The van der Waals surface area contributed by atoms with Crippen LogP contribution in [-0.4, -0.2) is 33.3 Å². The van der Waals surface area contributed by atoms with Gasteiger partial charge in [-0.15, -0.1) is 0 Å². The van der Waals surface area contributed by atoms with Gasteiger partial charge in [-0.05, 0) is 36.4 Å². The molecule has 0 aromatic heterocycles. The predicted molar refractivity (Wildman–Crippen MR) is 99.7 cm³/mol. The second-order valence-corrected chi connectivity index (χ2v) is 6.67. The number of nitrogens with zero attached hydrogens (tertiary/aromatic N) is 1.